The van der Waals surface area contributed by atoms with E-state index in [0.29, 0.717) is 11.1 Å². The zero-order valence-corrected chi connectivity index (χ0v) is 10.3. The molecule has 96 valence electrons. The van der Waals surface area contributed by atoms with Crippen LogP contribution in [-0.2, 0) is 4.74 Å². The summed E-state index contributed by atoms with van der Waals surface area (Å²) >= 11 is 0. The first-order valence-electron chi connectivity index (χ1n) is 6.71. The van der Waals surface area contributed by atoms with E-state index in [9.17, 15) is 9.18 Å². The van der Waals surface area contributed by atoms with Gasteiger partial charge in [-0.05, 0) is 24.8 Å². The molecule has 0 saturated heterocycles. The van der Waals surface area contributed by atoms with Gasteiger partial charge >= 0.3 is 5.97 Å². The maximum atomic E-state index is 14.5. The molecule has 3 heteroatoms. The average molecular weight is 248 g/mol. The van der Waals surface area contributed by atoms with Crippen molar-refractivity contribution in [2.75, 3.05) is 0 Å². The van der Waals surface area contributed by atoms with Crippen molar-refractivity contribution < 1.29 is 13.9 Å². The first-order chi connectivity index (χ1) is 8.77. The number of halogens is 1. The third kappa shape index (κ3) is 1.92. The van der Waals surface area contributed by atoms with E-state index in [1.54, 1.807) is 24.3 Å². The van der Waals surface area contributed by atoms with Crippen LogP contribution in [0.1, 0.15) is 54.2 Å². The quantitative estimate of drug-likeness (QED) is 0.706. The molecule has 2 nitrogen and oxygen atoms in total. The van der Waals surface area contributed by atoms with E-state index in [0.717, 1.165) is 25.7 Å². The second-order valence-corrected chi connectivity index (χ2v) is 5.26. The molecule has 3 rings (SSSR count). The van der Waals surface area contributed by atoms with Gasteiger partial charge in [0.15, 0.2) is 6.17 Å². The highest BCUT2D eigenvalue weighted by Gasteiger charge is 2.40. The summed E-state index contributed by atoms with van der Waals surface area (Å²) < 4.78 is 19.9. The summed E-state index contributed by atoms with van der Waals surface area (Å²) in [4.78, 5) is 11.9. The van der Waals surface area contributed by atoms with Crippen LogP contribution in [-0.4, -0.2) is 12.1 Å². The van der Waals surface area contributed by atoms with Crippen LogP contribution in [0.4, 0.5) is 4.39 Å². The molecule has 0 aromatic heterocycles. The molecule has 0 N–H and O–H groups in total. The molecule has 1 aliphatic carbocycles. The summed E-state index contributed by atoms with van der Waals surface area (Å²) in [6.07, 6.45) is 3.65. The van der Waals surface area contributed by atoms with Gasteiger partial charge in [0.2, 0.25) is 0 Å². The molecule has 0 spiro atoms. The molecular formula is C15H17FO2. The molecule has 1 aromatic carbocycles. The Morgan fingerprint density at radius 3 is 2.61 bits per heavy atom. The van der Waals surface area contributed by atoms with E-state index < -0.39 is 12.3 Å². The van der Waals surface area contributed by atoms with Gasteiger partial charge in [-0.3, -0.25) is 0 Å². The second-order valence-electron chi connectivity index (χ2n) is 5.26. The van der Waals surface area contributed by atoms with E-state index in [1.807, 2.05) is 0 Å². The minimum Gasteiger partial charge on any atom is -0.455 e. The third-order valence-electron chi connectivity index (χ3n) is 4.12. The smallest absolute Gasteiger partial charge is 0.338 e. The highest BCUT2D eigenvalue weighted by atomic mass is 19.1. The fraction of sp³-hybridized carbons (Fsp3) is 0.533. The number of fused-ring (bicyclic) bond motifs is 1. The third-order valence-corrected chi connectivity index (χ3v) is 4.12. The van der Waals surface area contributed by atoms with Crippen molar-refractivity contribution in [2.24, 2.45) is 5.92 Å². The lowest BCUT2D eigenvalue weighted by Gasteiger charge is -2.35. The maximum absolute atomic E-state index is 14.5. The van der Waals surface area contributed by atoms with Crippen molar-refractivity contribution in [3.8, 4) is 0 Å². The highest BCUT2D eigenvalue weighted by molar-refractivity contribution is 5.92. The topological polar surface area (TPSA) is 26.3 Å². The summed E-state index contributed by atoms with van der Waals surface area (Å²) in [6, 6.07) is 6.87. The molecule has 1 heterocycles. The summed E-state index contributed by atoms with van der Waals surface area (Å²) in [7, 11) is 0. The summed E-state index contributed by atoms with van der Waals surface area (Å²) in [5, 5.41) is 0. The van der Waals surface area contributed by atoms with Crippen LogP contribution in [0.25, 0.3) is 0 Å². The van der Waals surface area contributed by atoms with Gasteiger partial charge in [-0.15, -0.1) is 0 Å². The average Bonchev–Trinajstić information content (AvgIpc) is 2.44. The highest BCUT2D eigenvalue weighted by Crippen LogP contribution is 2.40. The Morgan fingerprint density at radius 2 is 1.83 bits per heavy atom. The SMILES string of the molecule is O=C1O[C@@H](C2CCCCC2)[C@@H](F)c2ccccc21. The van der Waals surface area contributed by atoms with Gasteiger partial charge in [0.05, 0.1) is 5.56 Å². The molecule has 1 aromatic rings. The molecule has 0 bridgehead atoms. The Kier molecular flexibility index (Phi) is 3.06. The van der Waals surface area contributed by atoms with Gasteiger partial charge in [-0.2, -0.15) is 0 Å². The number of alkyl halides is 1. The van der Waals surface area contributed by atoms with Gasteiger partial charge in [-0.25, -0.2) is 9.18 Å². The number of carbonyl (C=O) groups is 1. The number of hydrogen-bond donors (Lipinski definition) is 0. The van der Waals surface area contributed by atoms with Crippen LogP contribution < -0.4 is 0 Å². The van der Waals surface area contributed by atoms with Gasteiger partial charge in [0, 0.05) is 5.56 Å². The van der Waals surface area contributed by atoms with Gasteiger partial charge in [0.1, 0.15) is 6.10 Å². The summed E-state index contributed by atoms with van der Waals surface area (Å²) in [6.45, 7) is 0. The fourth-order valence-electron chi connectivity index (χ4n) is 3.15. The number of benzene rings is 1. The molecular weight excluding hydrogens is 231 g/mol. The molecule has 2 atom stereocenters. The summed E-state index contributed by atoms with van der Waals surface area (Å²) in [5.41, 5.74) is 0.890. The Bertz CT molecular complexity index is 452. The van der Waals surface area contributed by atoms with E-state index in [4.69, 9.17) is 4.74 Å². The van der Waals surface area contributed by atoms with Crippen LogP contribution in [0.2, 0.25) is 0 Å². The number of rotatable bonds is 1. The zero-order chi connectivity index (χ0) is 12.5. The molecule has 18 heavy (non-hydrogen) atoms. The predicted octanol–water partition coefficient (Wildman–Crippen LogP) is 3.82. The van der Waals surface area contributed by atoms with Crippen LogP contribution in [0.5, 0.6) is 0 Å². The molecule has 0 unspecified atom stereocenters. The van der Waals surface area contributed by atoms with Crippen molar-refractivity contribution in [2.45, 2.75) is 44.4 Å². The first kappa shape index (κ1) is 11.7. The number of esters is 1. The summed E-state index contributed by atoms with van der Waals surface area (Å²) in [5.74, 6) is -0.180. The van der Waals surface area contributed by atoms with Gasteiger partial charge < -0.3 is 4.74 Å². The Balaban J connectivity index is 1.89. The minimum atomic E-state index is -1.16. The van der Waals surface area contributed by atoms with Crippen LogP contribution in [0.15, 0.2) is 24.3 Å². The lowest BCUT2D eigenvalue weighted by atomic mass is 9.80. The zero-order valence-electron chi connectivity index (χ0n) is 10.3. The van der Waals surface area contributed by atoms with Crippen molar-refractivity contribution in [1.82, 2.24) is 0 Å². The fourth-order valence-corrected chi connectivity index (χ4v) is 3.15. The first-order valence-corrected chi connectivity index (χ1v) is 6.71. The second kappa shape index (κ2) is 4.71. The molecule has 0 radical (unpaired) electrons. The van der Waals surface area contributed by atoms with Crippen molar-refractivity contribution in [3.63, 3.8) is 0 Å². The number of ether oxygens (including phenoxy) is 1. The van der Waals surface area contributed by atoms with E-state index in [1.165, 1.54) is 6.42 Å². The molecule has 1 aliphatic heterocycles. The molecule has 2 aliphatic rings. The van der Waals surface area contributed by atoms with Gasteiger partial charge in [0.25, 0.3) is 0 Å². The predicted molar refractivity (Wildman–Crippen MR) is 66.1 cm³/mol. The van der Waals surface area contributed by atoms with Crippen molar-refractivity contribution in [1.29, 1.82) is 0 Å². The number of carbonyl (C=O) groups excluding carboxylic acids is 1. The monoisotopic (exact) mass is 248 g/mol. The Hall–Kier alpha value is -1.38. The molecule has 1 saturated carbocycles. The largest absolute Gasteiger partial charge is 0.455 e. The molecule has 1 fully saturated rings. The maximum Gasteiger partial charge on any atom is 0.338 e. The Morgan fingerprint density at radius 1 is 1.11 bits per heavy atom. The van der Waals surface area contributed by atoms with E-state index in [2.05, 4.69) is 0 Å². The van der Waals surface area contributed by atoms with E-state index in [-0.39, 0.29) is 11.9 Å². The minimum absolute atomic E-state index is 0.186. The lowest BCUT2D eigenvalue weighted by Crippen LogP contribution is -2.37. The standard InChI is InChI=1S/C15H17FO2/c16-13-11-8-4-5-9-12(11)15(17)18-14(13)10-6-2-1-3-7-10/h4-5,8-10,13-14H,1-3,6-7H2/t13-,14-/m0/s1. The lowest BCUT2D eigenvalue weighted by molar-refractivity contribution is -0.0337. The van der Waals surface area contributed by atoms with Gasteiger partial charge in [-0.1, -0.05) is 37.5 Å². The van der Waals surface area contributed by atoms with Crippen LogP contribution in [0.3, 0.4) is 0 Å². The van der Waals surface area contributed by atoms with Crippen molar-refractivity contribution in [3.05, 3.63) is 35.4 Å². The van der Waals surface area contributed by atoms with Crippen LogP contribution in [0, 0.1) is 5.92 Å². The molecule has 0 amide bonds. The Labute approximate surface area is 106 Å². The van der Waals surface area contributed by atoms with E-state index >= 15 is 0 Å². The normalized spacial score (nSPS) is 28.6. The number of hydrogen-bond acceptors (Lipinski definition) is 2. The van der Waals surface area contributed by atoms with Crippen LogP contribution >= 0.6 is 0 Å². The number of cyclic esters (lactones) is 1. The van der Waals surface area contributed by atoms with Crippen molar-refractivity contribution >= 4 is 5.97 Å².